The zero-order valence-corrected chi connectivity index (χ0v) is 12.4. The molecule has 0 atom stereocenters. The third kappa shape index (κ3) is 1.77. The van der Waals surface area contributed by atoms with Crippen LogP contribution >= 0.6 is 0 Å². The minimum Gasteiger partial charge on any atom is -0.344 e. The van der Waals surface area contributed by atoms with Crippen LogP contribution in [0.1, 0.15) is 50.8 Å². The van der Waals surface area contributed by atoms with Crippen LogP contribution in [-0.4, -0.2) is 9.38 Å². The first kappa shape index (κ1) is 13.0. The number of aromatic amines is 1. The van der Waals surface area contributed by atoms with Crippen molar-refractivity contribution in [2.45, 2.75) is 39.5 Å². The summed E-state index contributed by atoms with van der Waals surface area (Å²) in [4.78, 5) is 16.3. The molecule has 1 aromatic carbocycles. The first-order valence-electron chi connectivity index (χ1n) is 7.16. The molecular formula is C17H20N2O. The number of hydrogen-bond donors (Lipinski definition) is 1. The molecule has 1 N–H and O–H groups in total. The Labute approximate surface area is 118 Å². The first-order chi connectivity index (χ1) is 9.50. The van der Waals surface area contributed by atoms with Crippen molar-refractivity contribution >= 4 is 16.4 Å². The maximum Gasteiger partial charge on any atom is 0.261 e. The van der Waals surface area contributed by atoms with Crippen LogP contribution in [0.15, 0.2) is 35.3 Å². The molecule has 0 saturated carbocycles. The predicted molar refractivity (Wildman–Crippen MR) is 83.7 cm³/mol. The van der Waals surface area contributed by atoms with Crippen LogP contribution in [-0.2, 0) is 0 Å². The van der Waals surface area contributed by atoms with Crippen molar-refractivity contribution in [3.05, 3.63) is 52.1 Å². The van der Waals surface area contributed by atoms with E-state index in [2.05, 4.69) is 38.7 Å². The maximum absolute atomic E-state index is 12.8. The Kier molecular flexibility index (Phi) is 2.93. The zero-order chi connectivity index (χ0) is 14.4. The van der Waals surface area contributed by atoms with Crippen LogP contribution in [0.3, 0.4) is 0 Å². The van der Waals surface area contributed by atoms with E-state index in [1.165, 1.54) is 0 Å². The van der Waals surface area contributed by atoms with Gasteiger partial charge in [-0.3, -0.25) is 9.20 Å². The lowest BCUT2D eigenvalue weighted by Crippen LogP contribution is -2.23. The molecule has 2 heterocycles. The average Bonchev–Trinajstić information content (AvgIpc) is 2.77. The highest BCUT2D eigenvalue weighted by Gasteiger charge is 2.18. The molecule has 0 amide bonds. The summed E-state index contributed by atoms with van der Waals surface area (Å²) in [7, 11) is 0. The number of rotatable bonds is 2. The van der Waals surface area contributed by atoms with Gasteiger partial charge in [-0.2, -0.15) is 0 Å². The van der Waals surface area contributed by atoms with Gasteiger partial charge in [0.05, 0.1) is 0 Å². The van der Waals surface area contributed by atoms with Gasteiger partial charge >= 0.3 is 0 Å². The molecule has 0 spiro atoms. The quantitative estimate of drug-likeness (QED) is 0.748. The molecule has 104 valence electrons. The molecule has 3 aromatic rings. The second-order valence-corrected chi connectivity index (χ2v) is 6.00. The largest absolute Gasteiger partial charge is 0.344 e. The van der Waals surface area contributed by atoms with E-state index in [0.29, 0.717) is 5.92 Å². The Morgan fingerprint density at radius 1 is 1.05 bits per heavy atom. The molecule has 20 heavy (non-hydrogen) atoms. The molecule has 0 fully saturated rings. The van der Waals surface area contributed by atoms with Crippen LogP contribution in [0.5, 0.6) is 0 Å². The van der Waals surface area contributed by atoms with Crippen LogP contribution < -0.4 is 5.56 Å². The van der Waals surface area contributed by atoms with Gasteiger partial charge in [-0.15, -0.1) is 0 Å². The zero-order valence-electron chi connectivity index (χ0n) is 12.4. The Bertz CT molecular complexity index is 837. The summed E-state index contributed by atoms with van der Waals surface area (Å²) in [6, 6.07) is 8.10. The van der Waals surface area contributed by atoms with E-state index >= 15 is 0 Å². The molecular weight excluding hydrogens is 248 g/mol. The highest BCUT2D eigenvalue weighted by Crippen LogP contribution is 2.25. The first-order valence-corrected chi connectivity index (χ1v) is 7.16. The maximum atomic E-state index is 12.8. The summed E-state index contributed by atoms with van der Waals surface area (Å²) in [6.07, 6.45) is 1.93. The van der Waals surface area contributed by atoms with E-state index in [9.17, 15) is 4.79 Å². The minimum absolute atomic E-state index is 0.105. The number of nitrogens with one attached hydrogen (secondary N) is 1. The standard InChI is InChI=1S/C17H20N2O/c1-10(2)14-15(11(3)4)18-16-13-8-6-5-7-12(13)9-19(16)17(14)20/h5-11,18H,1-4H3. The van der Waals surface area contributed by atoms with Gasteiger partial charge in [0.1, 0.15) is 5.65 Å². The van der Waals surface area contributed by atoms with E-state index in [-0.39, 0.29) is 11.5 Å². The number of nitrogens with zero attached hydrogens (tertiary/aromatic N) is 1. The molecule has 3 heteroatoms. The number of aromatic nitrogens is 2. The Morgan fingerprint density at radius 3 is 2.40 bits per heavy atom. The number of H-pyrrole nitrogens is 1. The van der Waals surface area contributed by atoms with Gasteiger partial charge in [0.15, 0.2) is 0 Å². The molecule has 0 aliphatic heterocycles. The smallest absolute Gasteiger partial charge is 0.261 e. The van der Waals surface area contributed by atoms with Gasteiger partial charge in [0.2, 0.25) is 0 Å². The monoisotopic (exact) mass is 268 g/mol. The normalized spacial score (nSPS) is 12.1. The highest BCUT2D eigenvalue weighted by atomic mass is 16.1. The Morgan fingerprint density at radius 2 is 1.75 bits per heavy atom. The lowest BCUT2D eigenvalue weighted by atomic mass is 9.96. The molecule has 0 bridgehead atoms. The van der Waals surface area contributed by atoms with Gasteiger partial charge < -0.3 is 4.98 Å². The van der Waals surface area contributed by atoms with Gasteiger partial charge in [-0.1, -0.05) is 52.0 Å². The minimum atomic E-state index is 0.105. The van der Waals surface area contributed by atoms with Gasteiger partial charge in [0, 0.05) is 28.2 Å². The molecule has 2 aromatic heterocycles. The van der Waals surface area contributed by atoms with Crippen LogP contribution in [0.2, 0.25) is 0 Å². The highest BCUT2D eigenvalue weighted by molar-refractivity contribution is 5.95. The van der Waals surface area contributed by atoms with Crippen LogP contribution in [0, 0.1) is 0 Å². The molecule has 3 nitrogen and oxygen atoms in total. The fourth-order valence-electron chi connectivity index (χ4n) is 2.90. The summed E-state index contributed by atoms with van der Waals surface area (Å²) in [5, 5.41) is 2.19. The molecule has 3 rings (SSSR count). The molecule has 0 aliphatic rings. The lowest BCUT2D eigenvalue weighted by molar-refractivity contribution is 0.738. The average molecular weight is 268 g/mol. The molecule has 0 radical (unpaired) electrons. The van der Waals surface area contributed by atoms with Crippen molar-refractivity contribution in [1.82, 2.24) is 9.38 Å². The van der Waals surface area contributed by atoms with E-state index in [0.717, 1.165) is 27.7 Å². The van der Waals surface area contributed by atoms with E-state index in [1.54, 1.807) is 4.40 Å². The molecule has 0 aliphatic carbocycles. The number of hydrogen-bond acceptors (Lipinski definition) is 1. The summed E-state index contributed by atoms with van der Waals surface area (Å²) in [5.74, 6) is 0.518. The van der Waals surface area contributed by atoms with Crippen molar-refractivity contribution in [3.8, 4) is 0 Å². The third-order valence-corrected chi connectivity index (χ3v) is 3.87. The second kappa shape index (κ2) is 4.51. The van der Waals surface area contributed by atoms with Gasteiger partial charge in [0.25, 0.3) is 5.56 Å². The summed E-state index contributed by atoms with van der Waals surface area (Å²) in [5.41, 5.74) is 2.96. The lowest BCUT2D eigenvalue weighted by Gasteiger charge is -2.16. The van der Waals surface area contributed by atoms with Crippen LogP contribution in [0.4, 0.5) is 0 Å². The van der Waals surface area contributed by atoms with Crippen molar-refractivity contribution in [2.24, 2.45) is 0 Å². The predicted octanol–water partition coefficient (Wildman–Crippen LogP) is 4.03. The van der Waals surface area contributed by atoms with Crippen molar-refractivity contribution < 1.29 is 0 Å². The fourth-order valence-corrected chi connectivity index (χ4v) is 2.90. The van der Waals surface area contributed by atoms with E-state index in [4.69, 9.17) is 0 Å². The van der Waals surface area contributed by atoms with Crippen molar-refractivity contribution in [2.75, 3.05) is 0 Å². The van der Waals surface area contributed by atoms with Gasteiger partial charge in [-0.25, -0.2) is 0 Å². The van der Waals surface area contributed by atoms with Crippen LogP contribution in [0.25, 0.3) is 16.4 Å². The Balaban J connectivity index is 2.52. The number of fused-ring (bicyclic) bond motifs is 3. The van der Waals surface area contributed by atoms with Gasteiger partial charge in [-0.05, 0) is 11.8 Å². The molecule has 0 saturated heterocycles. The summed E-state index contributed by atoms with van der Waals surface area (Å²) in [6.45, 7) is 8.40. The topological polar surface area (TPSA) is 37.3 Å². The Hall–Kier alpha value is -2.03. The van der Waals surface area contributed by atoms with E-state index in [1.807, 2.05) is 24.4 Å². The molecule has 0 unspecified atom stereocenters. The summed E-state index contributed by atoms with van der Waals surface area (Å²) >= 11 is 0. The summed E-state index contributed by atoms with van der Waals surface area (Å²) < 4.78 is 1.76. The van der Waals surface area contributed by atoms with Crippen molar-refractivity contribution in [3.63, 3.8) is 0 Å². The number of benzene rings is 1. The fraction of sp³-hybridized carbons (Fsp3) is 0.353. The van der Waals surface area contributed by atoms with E-state index < -0.39 is 0 Å². The van der Waals surface area contributed by atoms with Crippen molar-refractivity contribution in [1.29, 1.82) is 0 Å². The second-order valence-electron chi connectivity index (χ2n) is 6.00. The third-order valence-electron chi connectivity index (χ3n) is 3.87. The SMILES string of the molecule is CC(C)c1[nH]c2c3ccccc3cn2c(=O)c1C(C)C.